The Morgan fingerprint density at radius 3 is 2.59 bits per heavy atom. The van der Waals surface area contributed by atoms with Crippen LogP contribution >= 0.6 is 0 Å². The number of rotatable bonds is 7. The van der Waals surface area contributed by atoms with Gasteiger partial charge >= 0.3 is 0 Å². The van der Waals surface area contributed by atoms with Gasteiger partial charge in [-0.1, -0.05) is 56.3 Å². The highest BCUT2D eigenvalue weighted by atomic mass is 16.3. The first-order chi connectivity index (χ1) is 17.8. The number of hydrogen-bond acceptors (Lipinski definition) is 6. The molecular formula is C27H30N6O4. The van der Waals surface area contributed by atoms with Crippen molar-refractivity contribution in [3.63, 3.8) is 0 Å². The molecule has 3 heterocycles. The van der Waals surface area contributed by atoms with Crippen molar-refractivity contribution in [1.29, 1.82) is 0 Å². The minimum atomic E-state index is -0.807. The number of likely N-dealkylation sites (tertiary alicyclic amines) is 1. The number of H-pyrrole nitrogens is 1. The van der Waals surface area contributed by atoms with Crippen LogP contribution < -0.4 is 5.32 Å². The molecule has 0 radical (unpaired) electrons. The molecule has 10 nitrogen and oxygen atoms in total. The number of β-amino-alcohol motifs (C(OH)–C–C–N with tert-alkyl or cyclic N) is 1. The Labute approximate surface area is 214 Å². The number of aliphatic hydroxyl groups excluding tert-OH is 1. The zero-order valence-corrected chi connectivity index (χ0v) is 20.8. The summed E-state index contributed by atoms with van der Waals surface area (Å²) in [6, 6.07) is 13.4. The van der Waals surface area contributed by atoms with Gasteiger partial charge in [0, 0.05) is 37.2 Å². The van der Waals surface area contributed by atoms with E-state index < -0.39 is 18.2 Å². The lowest BCUT2D eigenvalue weighted by atomic mass is 10.0. The van der Waals surface area contributed by atoms with Gasteiger partial charge in [0.1, 0.15) is 17.8 Å². The van der Waals surface area contributed by atoms with E-state index in [9.17, 15) is 19.5 Å². The van der Waals surface area contributed by atoms with Crippen LogP contribution in [0.15, 0.2) is 54.7 Å². The van der Waals surface area contributed by atoms with Crippen molar-refractivity contribution in [3.8, 4) is 11.3 Å². The van der Waals surface area contributed by atoms with Gasteiger partial charge in [-0.05, 0) is 23.1 Å². The normalized spacial score (nSPS) is 19.8. The van der Waals surface area contributed by atoms with Crippen LogP contribution in [0, 0.1) is 5.92 Å². The average Bonchev–Trinajstić information content (AvgIpc) is 3.63. The molecule has 37 heavy (non-hydrogen) atoms. The fourth-order valence-electron chi connectivity index (χ4n) is 5.20. The number of aromatic amines is 1. The molecule has 3 atom stereocenters. The maximum absolute atomic E-state index is 13.8. The van der Waals surface area contributed by atoms with Crippen molar-refractivity contribution in [3.05, 3.63) is 71.4 Å². The molecule has 1 fully saturated rings. The zero-order valence-electron chi connectivity index (χ0n) is 20.8. The van der Waals surface area contributed by atoms with Gasteiger partial charge in [0.25, 0.3) is 5.91 Å². The van der Waals surface area contributed by atoms with Crippen LogP contribution in [0.3, 0.4) is 0 Å². The minimum absolute atomic E-state index is 0.0571. The number of benzene rings is 2. The van der Waals surface area contributed by atoms with Gasteiger partial charge in [0.05, 0.1) is 12.3 Å². The van der Waals surface area contributed by atoms with Crippen LogP contribution in [0.2, 0.25) is 0 Å². The van der Waals surface area contributed by atoms with Crippen molar-refractivity contribution in [2.75, 3.05) is 6.54 Å². The Morgan fingerprint density at radius 2 is 1.92 bits per heavy atom. The highest BCUT2D eigenvalue weighted by Gasteiger charge is 2.45. The summed E-state index contributed by atoms with van der Waals surface area (Å²) in [6.45, 7) is 4.47. The number of amides is 3. The summed E-state index contributed by atoms with van der Waals surface area (Å²) >= 11 is 0. The highest BCUT2D eigenvalue weighted by Crippen LogP contribution is 2.30. The average molecular weight is 503 g/mol. The van der Waals surface area contributed by atoms with E-state index >= 15 is 0 Å². The van der Waals surface area contributed by atoms with Crippen LogP contribution in [0.4, 0.5) is 0 Å². The Hall–Kier alpha value is -4.05. The number of aliphatic hydroxyl groups is 1. The second-order valence-electron chi connectivity index (χ2n) is 9.94. The third-order valence-corrected chi connectivity index (χ3v) is 7.07. The number of fused-ring (bicyclic) bond motifs is 1. The number of nitrogens with one attached hydrogen (secondary N) is 2. The predicted octanol–water partition coefficient (Wildman–Crippen LogP) is 1.73. The lowest BCUT2D eigenvalue weighted by Gasteiger charge is -2.35. The molecule has 192 valence electrons. The van der Waals surface area contributed by atoms with Gasteiger partial charge in [0.15, 0.2) is 0 Å². The van der Waals surface area contributed by atoms with Crippen molar-refractivity contribution >= 4 is 17.7 Å². The van der Waals surface area contributed by atoms with E-state index in [-0.39, 0.29) is 43.1 Å². The summed E-state index contributed by atoms with van der Waals surface area (Å²) in [6.07, 6.45) is 0.981. The molecule has 1 saturated heterocycles. The van der Waals surface area contributed by atoms with Crippen LogP contribution in [0.1, 0.15) is 41.8 Å². The Morgan fingerprint density at radius 1 is 1.16 bits per heavy atom. The van der Waals surface area contributed by atoms with Crippen molar-refractivity contribution < 1.29 is 19.5 Å². The number of carbonyl (C=O) groups is 3. The Bertz CT molecular complexity index is 1290. The maximum Gasteiger partial charge on any atom is 0.255 e. The largest absolute Gasteiger partial charge is 0.391 e. The number of hydrogen-bond donors (Lipinski definition) is 3. The molecule has 0 aliphatic carbocycles. The first-order valence-corrected chi connectivity index (χ1v) is 12.4. The minimum Gasteiger partial charge on any atom is -0.391 e. The van der Waals surface area contributed by atoms with Gasteiger partial charge < -0.3 is 20.2 Å². The summed E-state index contributed by atoms with van der Waals surface area (Å²) in [5.41, 5.74) is 4.00. The quantitative estimate of drug-likeness (QED) is 0.451. The van der Waals surface area contributed by atoms with Crippen LogP contribution in [0.5, 0.6) is 0 Å². The van der Waals surface area contributed by atoms with E-state index in [0.717, 1.165) is 22.4 Å². The van der Waals surface area contributed by atoms with E-state index in [1.807, 2.05) is 56.3 Å². The summed E-state index contributed by atoms with van der Waals surface area (Å²) < 4.78 is 0. The molecule has 2 aliphatic rings. The van der Waals surface area contributed by atoms with Gasteiger partial charge in [-0.2, -0.15) is 15.4 Å². The van der Waals surface area contributed by atoms with Crippen LogP contribution in [-0.4, -0.2) is 72.8 Å². The number of nitrogens with zero attached hydrogens (tertiary/aromatic N) is 4. The molecule has 3 aromatic rings. The maximum atomic E-state index is 13.8. The van der Waals surface area contributed by atoms with Crippen molar-refractivity contribution in [1.82, 2.24) is 30.5 Å². The van der Waals surface area contributed by atoms with Gasteiger partial charge in [-0.25, -0.2) is 0 Å². The summed E-state index contributed by atoms with van der Waals surface area (Å²) in [4.78, 5) is 43.1. The molecule has 3 amide bonds. The Balaban J connectivity index is 1.27. The van der Waals surface area contributed by atoms with Gasteiger partial charge in [-0.15, -0.1) is 0 Å². The zero-order chi connectivity index (χ0) is 26.1. The standard InChI is InChI=1S/C27H30N6O4/c1-16(2)24(33-14-19-5-3-4-6-21(19)26(33)36)27(37)32-15-20(34)11-23(32)25(35)28-12-17-7-9-18(10-8-17)22-13-29-31-30-22/h3-10,13,16,20,23-24,34H,11-12,14-15H2,1-2H3,(H,28,35)(H,29,30,31)/t20?,23?,24-/m0/s1. The lowest BCUT2D eigenvalue weighted by Crippen LogP contribution is -2.55. The second kappa shape index (κ2) is 10.1. The molecule has 0 bridgehead atoms. The van der Waals surface area contributed by atoms with E-state index in [2.05, 4.69) is 20.7 Å². The fourth-order valence-corrected chi connectivity index (χ4v) is 5.20. The second-order valence-corrected chi connectivity index (χ2v) is 9.94. The Kier molecular flexibility index (Phi) is 6.75. The smallest absolute Gasteiger partial charge is 0.255 e. The SMILES string of the molecule is CC(C)[C@@H](C(=O)N1CC(O)CC1C(=O)NCc1ccc(-c2cn[nH]n2)cc1)N1Cc2ccccc2C1=O. The summed E-state index contributed by atoms with van der Waals surface area (Å²) in [5.74, 6) is -0.998. The van der Waals surface area contributed by atoms with Crippen molar-refractivity contribution in [2.24, 2.45) is 5.92 Å². The molecular weight excluding hydrogens is 472 g/mol. The highest BCUT2D eigenvalue weighted by molar-refractivity contribution is 6.01. The van der Waals surface area contributed by atoms with E-state index in [0.29, 0.717) is 12.1 Å². The first kappa shape index (κ1) is 24.6. The lowest BCUT2D eigenvalue weighted by molar-refractivity contribution is -0.143. The first-order valence-electron chi connectivity index (χ1n) is 12.4. The van der Waals surface area contributed by atoms with Crippen LogP contribution in [-0.2, 0) is 22.7 Å². The molecule has 3 N–H and O–H groups in total. The monoisotopic (exact) mass is 502 g/mol. The predicted molar refractivity (Wildman–Crippen MR) is 135 cm³/mol. The van der Waals surface area contributed by atoms with Gasteiger partial charge in [-0.3, -0.25) is 14.4 Å². The summed E-state index contributed by atoms with van der Waals surface area (Å²) in [5, 5.41) is 23.7. The number of aromatic nitrogens is 3. The molecule has 10 heteroatoms. The summed E-state index contributed by atoms with van der Waals surface area (Å²) in [7, 11) is 0. The van der Waals surface area contributed by atoms with E-state index in [1.165, 1.54) is 4.90 Å². The van der Waals surface area contributed by atoms with Gasteiger partial charge in [0.2, 0.25) is 11.8 Å². The molecule has 2 aliphatic heterocycles. The molecule has 0 saturated carbocycles. The molecule has 1 aromatic heterocycles. The number of carbonyl (C=O) groups excluding carboxylic acids is 3. The van der Waals surface area contributed by atoms with Crippen LogP contribution in [0.25, 0.3) is 11.3 Å². The molecule has 0 spiro atoms. The third-order valence-electron chi connectivity index (χ3n) is 7.07. The third kappa shape index (κ3) is 4.84. The topological polar surface area (TPSA) is 132 Å². The van der Waals surface area contributed by atoms with Crippen molar-refractivity contribution in [2.45, 2.75) is 51.5 Å². The van der Waals surface area contributed by atoms with E-state index in [1.54, 1.807) is 17.2 Å². The van der Waals surface area contributed by atoms with E-state index in [4.69, 9.17) is 0 Å². The molecule has 5 rings (SSSR count). The fraction of sp³-hybridized carbons (Fsp3) is 0.370. The molecule has 2 aromatic carbocycles. The molecule has 2 unspecified atom stereocenters.